The number of thiophene rings is 1. The highest BCUT2D eigenvalue weighted by Crippen LogP contribution is 2.28. The molecule has 3 amide bonds. The molecule has 0 fully saturated rings. The fourth-order valence-electron chi connectivity index (χ4n) is 4.10. The molecule has 0 spiro atoms. The molecule has 1 aromatic heterocycles. The standard InChI is InChI=1S/C30H36N4O5S/c1-22-6-12-26(40-22)20-33(16-14-23-9-13-27(38-3)28(18-23)39-4)29(35)21-34(15-5-17-37-2)30(36)32-25-10-7-24(19-31)8-11-25/h6-13,18H,5,14-17,20-21H2,1-4H3,(H,32,36). The average molecular weight is 565 g/mol. The highest BCUT2D eigenvalue weighted by Gasteiger charge is 2.22. The van der Waals surface area contributed by atoms with Crippen LogP contribution in [0.15, 0.2) is 54.6 Å². The first-order chi connectivity index (χ1) is 19.4. The molecule has 40 heavy (non-hydrogen) atoms. The van der Waals surface area contributed by atoms with Crippen molar-refractivity contribution in [2.24, 2.45) is 0 Å². The van der Waals surface area contributed by atoms with Gasteiger partial charge in [0.15, 0.2) is 11.5 Å². The lowest BCUT2D eigenvalue weighted by atomic mass is 10.1. The van der Waals surface area contributed by atoms with Crippen LogP contribution in [0.4, 0.5) is 10.5 Å². The Balaban J connectivity index is 1.76. The molecular formula is C30H36N4O5S. The second-order valence-corrected chi connectivity index (χ2v) is 10.5. The topological polar surface area (TPSA) is 104 Å². The third-order valence-corrected chi connectivity index (χ3v) is 7.25. The predicted octanol–water partition coefficient (Wildman–Crippen LogP) is 5.09. The summed E-state index contributed by atoms with van der Waals surface area (Å²) in [5, 5.41) is 11.9. The van der Waals surface area contributed by atoms with Crippen LogP contribution in [0.2, 0.25) is 0 Å². The highest BCUT2D eigenvalue weighted by molar-refractivity contribution is 7.11. The third kappa shape index (κ3) is 9.00. The maximum absolute atomic E-state index is 13.7. The molecule has 0 atom stereocenters. The highest BCUT2D eigenvalue weighted by atomic mass is 32.1. The minimum Gasteiger partial charge on any atom is -0.493 e. The number of nitrogens with one attached hydrogen (secondary N) is 1. The fourth-order valence-corrected chi connectivity index (χ4v) is 5.00. The minimum atomic E-state index is -0.388. The minimum absolute atomic E-state index is 0.0812. The van der Waals surface area contributed by atoms with Crippen molar-refractivity contribution in [2.45, 2.75) is 26.3 Å². The van der Waals surface area contributed by atoms with E-state index in [4.69, 9.17) is 19.5 Å². The van der Waals surface area contributed by atoms with E-state index in [0.29, 0.717) is 61.8 Å². The number of ether oxygens (including phenoxy) is 3. The normalized spacial score (nSPS) is 10.5. The van der Waals surface area contributed by atoms with Gasteiger partial charge < -0.3 is 29.3 Å². The van der Waals surface area contributed by atoms with Crippen molar-refractivity contribution in [2.75, 3.05) is 52.9 Å². The van der Waals surface area contributed by atoms with E-state index in [1.807, 2.05) is 37.3 Å². The number of amides is 3. The number of carbonyl (C=O) groups is 2. The van der Waals surface area contributed by atoms with Gasteiger partial charge in [-0.05, 0) is 73.9 Å². The summed E-state index contributed by atoms with van der Waals surface area (Å²) in [6.45, 7) is 3.69. The first-order valence-electron chi connectivity index (χ1n) is 13.0. The van der Waals surface area contributed by atoms with Crippen LogP contribution < -0.4 is 14.8 Å². The molecule has 0 aliphatic rings. The van der Waals surface area contributed by atoms with Crippen LogP contribution in [0, 0.1) is 18.3 Å². The van der Waals surface area contributed by atoms with Crippen molar-refractivity contribution in [3.63, 3.8) is 0 Å². The van der Waals surface area contributed by atoms with E-state index in [0.717, 1.165) is 10.4 Å². The van der Waals surface area contributed by atoms with Gasteiger partial charge in [-0.2, -0.15) is 5.26 Å². The zero-order valence-electron chi connectivity index (χ0n) is 23.4. The van der Waals surface area contributed by atoms with E-state index in [9.17, 15) is 9.59 Å². The van der Waals surface area contributed by atoms with Gasteiger partial charge in [-0.25, -0.2) is 4.79 Å². The molecule has 10 heteroatoms. The summed E-state index contributed by atoms with van der Waals surface area (Å²) in [4.78, 5) is 32.4. The number of carbonyl (C=O) groups excluding carboxylic acids is 2. The molecule has 0 unspecified atom stereocenters. The Morgan fingerprint density at radius 3 is 2.33 bits per heavy atom. The second kappa shape index (κ2) is 15.5. The monoisotopic (exact) mass is 564 g/mol. The van der Waals surface area contributed by atoms with Crippen molar-refractivity contribution < 1.29 is 23.8 Å². The average Bonchev–Trinajstić information content (AvgIpc) is 3.39. The zero-order chi connectivity index (χ0) is 28.9. The Bertz CT molecular complexity index is 1300. The summed E-state index contributed by atoms with van der Waals surface area (Å²) >= 11 is 1.65. The van der Waals surface area contributed by atoms with Crippen LogP contribution in [0.1, 0.15) is 27.3 Å². The predicted molar refractivity (Wildman–Crippen MR) is 156 cm³/mol. The largest absolute Gasteiger partial charge is 0.493 e. The molecule has 9 nitrogen and oxygen atoms in total. The third-order valence-electron chi connectivity index (χ3n) is 6.27. The molecule has 0 aliphatic carbocycles. The zero-order valence-corrected chi connectivity index (χ0v) is 24.3. The van der Waals surface area contributed by atoms with Crippen LogP contribution in [0.25, 0.3) is 0 Å². The van der Waals surface area contributed by atoms with Crippen molar-refractivity contribution in [1.29, 1.82) is 5.26 Å². The van der Waals surface area contributed by atoms with Gasteiger partial charge >= 0.3 is 6.03 Å². The molecule has 1 heterocycles. The number of hydrogen-bond donors (Lipinski definition) is 1. The Morgan fingerprint density at radius 2 is 1.70 bits per heavy atom. The molecule has 212 valence electrons. The number of urea groups is 1. The SMILES string of the molecule is COCCCN(CC(=O)N(CCc1ccc(OC)c(OC)c1)Cc1ccc(C)s1)C(=O)Nc1ccc(C#N)cc1. The summed E-state index contributed by atoms with van der Waals surface area (Å²) in [5.41, 5.74) is 2.06. The molecular weight excluding hydrogens is 528 g/mol. The summed E-state index contributed by atoms with van der Waals surface area (Å²) in [5.74, 6) is 1.13. The van der Waals surface area contributed by atoms with Crippen molar-refractivity contribution in [1.82, 2.24) is 9.80 Å². The maximum atomic E-state index is 13.7. The molecule has 0 radical (unpaired) electrons. The number of aryl methyl sites for hydroxylation is 1. The Kier molecular flexibility index (Phi) is 11.8. The van der Waals surface area contributed by atoms with Gasteiger partial charge in [-0.1, -0.05) is 6.07 Å². The van der Waals surface area contributed by atoms with Gasteiger partial charge in [0, 0.05) is 42.2 Å². The van der Waals surface area contributed by atoms with Crippen LogP contribution in [0.3, 0.4) is 0 Å². The van der Waals surface area contributed by atoms with Gasteiger partial charge in [0.25, 0.3) is 0 Å². The Morgan fingerprint density at radius 1 is 0.950 bits per heavy atom. The maximum Gasteiger partial charge on any atom is 0.322 e. The number of hydrogen-bond acceptors (Lipinski definition) is 7. The van der Waals surface area contributed by atoms with Gasteiger partial charge in [-0.3, -0.25) is 4.79 Å². The number of benzene rings is 2. The van der Waals surface area contributed by atoms with E-state index < -0.39 is 0 Å². The van der Waals surface area contributed by atoms with Crippen LogP contribution in [-0.4, -0.2) is 69.3 Å². The van der Waals surface area contributed by atoms with Crippen LogP contribution in [0.5, 0.6) is 11.5 Å². The lowest BCUT2D eigenvalue weighted by Gasteiger charge is -2.28. The lowest BCUT2D eigenvalue weighted by molar-refractivity contribution is -0.132. The Labute approximate surface area is 239 Å². The van der Waals surface area contributed by atoms with Gasteiger partial charge in [-0.15, -0.1) is 11.3 Å². The Hall–Kier alpha value is -4.07. The van der Waals surface area contributed by atoms with E-state index in [1.54, 1.807) is 61.8 Å². The van der Waals surface area contributed by atoms with E-state index in [-0.39, 0.29) is 18.5 Å². The van der Waals surface area contributed by atoms with Crippen molar-refractivity contribution in [3.8, 4) is 17.6 Å². The smallest absolute Gasteiger partial charge is 0.322 e. The fraction of sp³-hybridized carbons (Fsp3) is 0.367. The molecule has 3 aromatic rings. The quantitative estimate of drug-likeness (QED) is 0.274. The number of nitrogens with zero attached hydrogens (tertiary/aromatic N) is 3. The molecule has 0 aliphatic heterocycles. The number of nitriles is 1. The van der Waals surface area contributed by atoms with E-state index in [1.165, 1.54) is 9.78 Å². The molecule has 0 saturated heterocycles. The number of methoxy groups -OCH3 is 3. The van der Waals surface area contributed by atoms with Crippen LogP contribution in [-0.2, 0) is 22.5 Å². The number of anilines is 1. The van der Waals surface area contributed by atoms with Gasteiger partial charge in [0.1, 0.15) is 6.54 Å². The molecule has 0 bridgehead atoms. The summed E-state index contributed by atoms with van der Waals surface area (Å²) in [7, 11) is 4.79. The van der Waals surface area contributed by atoms with E-state index in [2.05, 4.69) is 11.4 Å². The summed E-state index contributed by atoms with van der Waals surface area (Å²) in [6.07, 6.45) is 1.19. The number of rotatable bonds is 14. The van der Waals surface area contributed by atoms with Gasteiger partial charge in [0.05, 0.1) is 32.4 Å². The van der Waals surface area contributed by atoms with Gasteiger partial charge in [0.2, 0.25) is 5.91 Å². The second-order valence-electron chi connectivity index (χ2n) is 9.15. The first kappa shape index (κ1) is 30.5. The molecule has 1 N–H and O–H groups in total. The lowest BCUT2D eigenvalue weighted by Crippen LogP contribution is -2.45. The van der Waals surface area contributed by atoms with Crippen LogP contribution >= 0.6 is 11.3 Å². The molecule has 2 aromatic carbocycles. The molecule has 3 rings (SSSR count). The summed E-state index contributed by atoms with van der Waals surface area (Å²) < 4.78 is 15.9. The van der Waals surface area contributed by atoms with E-state index >= 15 is 0 Å². The molecule has 0 saturated carbocycles. The van der Waals surface area contributed by atoms with Crippen molar-refractivity contribution >= 4 is 29.0 Å². The first-order valence-corrected chi connectivity index (χ1v) is 13.8. The summed E-state index contributed by atoms with van der Waals surface area (Å²) in [6, 6.07) is 18.1. The van der Waals surface area contributed by atoms with Crippen molar-refractivity contribution in [3.05, 3.63) is 75.5 Å².